The Labute approximate surface area is 89.7 Å². The van der Waals surface area contributed by atoms with Crippen LogP contribution in [-0.2, 0) is 4.74 Å². The molecule has 76 valence electrons. The van der Waals surface area contributed by atoms with E-state index in [1.165, 1.54) is 32.1 Å². The van der Waals surface area contributed by atoms with Gasteiger partial charge in [0.1, 0.15) is 4.84 Å². The molecule has 3 atom stereocenters. The predicted molar refractivity (Wildman–Crippen MR) is 55.3 cm³/mol. The van der Waals surface area contributed by atoms with E-state index in [-0.39, 0.29) is 11.7 Å². The van der Waals surface area contributed by atoms with Crippen LogP contribution in [-0.4, -0.2) is 16.5 Å². The molecule has 0 amide bonds. The first-order valence-electron chi connectivity index (χ1n) is 5.10. The van der Waals surface area contributed by atoms with E-state index in [0.717, 1.165) is 5.92 Å². The van der Waals surface area contributed by atoms with Crippen molar-refractivity contribution in [3.63, 3.8) is 0 Å². The molecule has 2 aliphatic rings. The molecule has 0 N–H and O–H groups in total. The third kappa shape index (κ3) is 1.98. The standard InChI is InChI=1S/C10H16Cl2O/c1-7(9(11)12)13-10-5-3-2-4-8(10)6-10/h7-9H,2-6H2,1H3/t7-,8-,10-/m0/s1. The molecule has 0 aromatic carbocycles. The summed E-state index contributed by atoms with van der Waals surface area (Å²) in [5, 5.41) is 0. The van der Waals surface area contributed by atoms with Gasteiger partial charge in [0.25, 0.3) is 0 Å². The second-order valence-corrected chi connectivity index (χ2v) is 5.53. The summed E-state index contributed by atoms with van der Waals surface area (Å²) >= 11 is 11.5. The van der Waals surface area contributed by atoms with E-state index in [2.05, 4.69) is 0 Å². The molecule has 3 heteroatoms. The van der Waals surface area contributed by atoms with Crippen LogP contribution >= 0.6 is 23.2 Å². The molecule has 2 fully saturated rings. The van der Waals surface area contributed by atoms with E-state index in [4.69, 9.17) is 27.9 Å². The largest absolute Gasteiger partial charge is 0.369 e. The molecule has 2 saturated carbocycles. The maximum absolute atomic E-state index is 5.95. The molecule has 0 radical (unpaired) electrons. The average molecular weight is 223 g/mol. The molecule has 1 nitrogen and oxygen atoms in total. The van der Waals surface area contributed by atoms with Crippen molar-refractivity contribution in [1.82, 2.24) is 0 Å². The number of rotatable bonds is 3. The molecule has 0 unspecified atom stereocenters. The van der Waals surface area contributed by atoms with E-state index >= 15 is 0 Å². The van der Waals surface area contributed by atoms with Crippen molar-refractivity contribution in [2.75, 3.05) is 0 Å². The first-order chi connectivity index (χ1) is 6.14. The van der Waals surface area contributed by atoms with Gasteiger partial charge in [0.15, 0.2) is 0 Å². The molecule has 0 aromatic heterocycles. The summed E-state index contributed by atoms with van der Waals surface area (Å²) in [7, 11) is 0. The van der Waals surface area contributed by atoms with Gasteiger partial charge in [-0.1, -0.05) is 12.8 Å². The molecule has 0 saturated heterocycles. The van der Waals surface area contributed by atoms with Crippen LogP contribution in [0.3, 0.4) is 0 Å². The van der Waals surface area contributed by atoms with Gasteiger partial charge in [-0.05, 0) is 32.1 Å². The van der Waals surface area contributed by atoms with Gasteiger partial charge in [-0.25, -0.2) is 0 Å². The van der Waals surface area contributed by atoms with Gasteiger partial charge in [-0.3, -0.25) is 0 Å². The van der Waals surface area contributed by atoms with E-state index in [9.17, 15) is 0 Å². The van der Waals surface area contributed by atoms with Crippen molar-refractivity contribution >= 4 is 23.2 Å². The Kier molecular flexibility index (Phi) is 2.79. The molecule has 0 heterocycles. The molecule has 2 aliphatic carbocycles. The minimum absolute atomic E-state index is 0.0218. The van der Waals surface area contributed by atoms with Crippen LogP contribution in [0, 0.1) is 5.92 Å². The summed E-state index contributed by atoms with van der Waals surface area (Å²) in [6, 6.07) is 0. The van der Waals surface area contributed by atoms with Crippen LogP contribution in [0.4, 0.5) is 0 Å². The molecule has 0 aromatic rings. The zero-order chi connectivity index (χ0) is 9.47. The minimum Gasteiger partial charge on any atom is -0.369 e. The van der Waals surface area contributed by atoms with Gasteiger partial charge in [-0.15, -0.1) is 23.2 Å². The maximum atomic E-state index is 5.95. The number of hydrogen-bond acceptors (Lipinski definition) is 1. The highest BCUT2D eigenvalue weighted by atomic mass is 35.5. The van der Waals surface area contributed by atoms with Crippen LogP contribution in [0.2, 0.25) is 0 Å². The number of fused-ring (bicyclic) bond motifs is 1. The SMILES string of the molecule is C[C@H](O[C@]12CCCC[C@H]1C2)C(Cl)Cl. The van der Waals surface area contributed by atoms with Crippen molar-refractivity contribution < 1.29 is 4.74 Å². The maximum Gasteiger partial charge on any atom is 0.133 e. The topological polar surface area (TPSA) is 9.23 Å². The highest BCUT2D eigenvalue weighted by molar-refractivity contribution is 6.44. The summed E-state index contributed by atoms with van der Waals surface area (Å²) in [5.41, 5.74) is 0.180. The molecule has 0 spiro atoms. The third-order valence-electron chi connectivity index (χ3n) is 3.35. The van der Waals surface area contributed by atoms with Crippen molar-refractivity contribution in [3.8, 4) is 0 Å². The second kappa shape index (κ2) is 3.60. The quantitative estimate of drug-likeness (QED) is 0.665. The Morgan fingerprint density at radius 3 is 2.77 bits per heavy atom. The lowest BCUT2D eigenvalue weighted by atomic mass is 9.97. The Balaban J connectivity index is 1.88. The molecule has 0 aliphatic heterocycles. The second-order valence-electron chi connectivity index (χ2n) is 4.37. The number of alkyl halides is 2. The summed E-state index contributed by atoms with van der Waals surface area (Å²) in [5.74, 6) is 0.802. The number of halogens is 2. The van der Waals surface area contributed by atoms with E-state index < -0.39 is 4.84 Å². The monoisotopic (exact) mass is 222 g/mol. The van der Waals surface area contributed by atoms with Crippen LogP contribution in [0.1, 0.15) is 39.0 Å². The summed E-state index contributed by atoms with van der Waals surface area (Å²) < 4.78 is 5.95. The van der Waals surface area contributed by atoms with Crippen molar-refractivity contribution in [1.29, 1.82) is 0 Å². The average Bonchev–Trinajstić information content (AvgIpc) is 2.77. The van der Waals surface area contributed by atoms with Gasteiger partial charge >= 0.3 is 0 Å². The normalized spacial score (nSPS) is 40.2. The molecule has 2 rings (SSSR count). The van der Waals surface area contributed by atoms with Gasteiger partial charge in [-0.2, -0.15) is 0 Å². The van der Waals surface area contributed by atoms with Gasteiger partial charge in [0, 0.05) is 0 Å². The third-order valence-corrected chi connectivity index (χ3v) is 4.06. The fraction of sp³-hybridized carbons (Fsp3) is 1.00. The number of hydrogen-bond donors (Lipinski definition) is 0. The van der Waals surface area contributed by atoms with E-state index in [0.29, 0.717) is 0 Å². The van der Waals surface area contributed by atoms with Gasteiger partial charge in [0.2, 0.25) is 0 Å². The lowest BCUT2D eigenvalue weighted by Gasteiger charge is -2.26. The van der Waals surface area contributed by atoms with Crippen molar-refractivity contribution in [2.45, 2.75) is 55.6 Å². The predicted octanol–water partition coefficient (Wildman–Crippen LogP) is 3.53. The smallest absolute Gasteiger partial charge is 0.133 e. The zero-order valence-corrected chi connectivity index (χ0v) is 9.44. The molecular formula is C10H16Cl2O. The Morgan fingerprint density at radius 1 is 1.38 bits per heavy atom. The zero-order valence-electron chi connectivity index (χ0n) is 7.93. The first kappa shape index (κ1) is 10.1. The Morgan fingerprint density at radius 2 is 2.15 bits per heavy atom. The molecule has 13 heavy (non-hydrogen) atoms. The highest BCUT2D eigenvalue weighted by Gasteiger charge is 2.56. The Bertz CT molecular complexity index is 195. The fourth-order valence-electron chi connectivity index (χ4n) is 2.47. The summed E-state index contributed by atoms with van der Waals surface area (Å²) in [4.78, 5) is -0.391. The summed E-state index contributed by atoms with van der Waals surface area (Å²) in [6.45, 7) is 1.96. The Hall–Kier alpha value is 0.540. The van der Waals surface area contributed by atoms with Crippen LogP contribution in [0.15, 0.2) is 0 Å². The van der Waals surface area contributed by atoms with Gasteiger partial charge < -0.3 is 4.74 Å². The van der Waals surface area contributed by atoms with Crippen molar-refractivity contribution in [3.05, 3.63) is 0 Å². The molecular weight excluding hydrogens is 207 g/mol. The van der Waals surface area contributed by atoms with Crippen LogP contribution < -0.4 is 0 Å². The number of ether oxygens (including phenoxy) is 1. The molecule has 0 bridgehead atoms. The van der Waals surface area contributed by atoms with Crippen molar-refractivity contribution in [2.24, 2.45) is 5.92 Å². The van der Waals surface area contributed by atoms with Crippen LogP contribution in [0.25, 0.3) is 0 Å². The summed E-state index contributed by atoms with van der Waals surface area (Å²) in [6.07, 6.45) is 6.43. The lowest BCUT2D eigenvalue weighted by molar-refractivity contribution is -0.0377. The minimum atomic E-state index is -0.391. The van der Waals surface area contributed by atoms with Gasteiger partial charge in [0.05, 0.1) is 11.7 Å². The lowest BCUT2D eigenvalue weighted by Crippen LogP contribution is -2.29. The fourth-order valence-corrected chi connectivity index (χ4v) is 2.57. The highest BCUT2D eigenvalue weighted by Crippen LogP contribution is 2.57. The van der Waals surface area contributed by atoms with E-state index in [1.54, 1.807) is 0 Å². The first-order valence-corrected chi connectivity index (χ1v) is 5.97. The van der Waals surface area contributed by atoms with E-state index in [1.807, 2.05) is 6.92 Å². The van der Waals surface area contributed by atoms with Crippen LogP contribution in [0.5, 0.6) is 0 Å².